The van der Waals surface area contributed by atoms with E-state index in [1.807, 2.05) is 49.2 Å². The Kier molecular flexibility index (Phi) is 6.57. The van der Waals surface area contributed by atoms with Crippen LogP contribution in [0.25, 0.3) is 11.3 Å². The summed E-state index contributed by atoms with van der Waals surface area (Å²) in [7, 11) is 3.46. The standard InChI is InChI=1S/C26H33N7O2/c1-19-27-24(31-10-5-4-6-11-31)18-25(28-19)32-12-14-33(15-13-32)26(34)23-17-22(29-30(23)2)20-8-7-9-21(16-20)35-3/h7-9,16-18H,4-6,10-15H2,1-3H3. The molecule has 0 atom stereocenters. The monoisotopic (exact) mass is 475 g/mol. The summed E-state index contributed by atoms with van der Waals surface area (Å²) in [5, 5.41) is 4.58. The molecule has 4 heterocycles. The number of benzene rings is 1. The lowest BCUT2D eigenvalue weighted by atomic mass is 10.1. The minimum Gasteiger partial charge on any atom is -0.497 e. The number of nitrogens with zero attached hydrogens (tertiary/aromatic N) is 7. The number of piperazine rings is 1. The van der Waals surface area contributed by atoms with Gasteiger partial charge in [0, 0.05) is 57.9 Å². The smallest absolute Gasteiger partial charge is 0.272 e. The van der Waals surface area contributed by atoms with Gasteiger partial charge < -0.3 is 19.4 Å². The molecule has 2 aromatic heterocycles. The second-order valence-corrected chi connectivity index (χ2v) is 9.23. The average molecular weight is 476 g/mol. The van der Waals surface area contributed by atoms with E-state index in [0.717, 1.165) is 60.6 Å². The molecule has 1 amide bonds. The number of ether oxygens (including phenoxy) is 1. The summed E-state index contributed by atoms with van der Waals surface area (Å²) in [6.07, 6.45) is 3.72. The highest BCUT2D eigenvalue weighted by atomic mass is 16.5. The van der Waals surface area contributed by atoms with Crippen LogP contribution in [0.2, 0.25) is 0 Å². The van der Waals surface area contributed by atoms with E-state index < -0.39 is 0 Å². The van der Waals surface area contributed by atoms with Gasteiger partial charge in [0.25, 0.3) is 5.91 Å². The third-order valence-electron chi connectivity index (χ3n) is 6.85. The fourth-order valence-corrected chi connectivity index (χ4v) is 4.88. The maximum Gasteiger partial charge on any atom is 0.272 e. The van der Waals surface area contributed by atoms with Gasteiger partial charge in [-0.2, -0.15) is 5.10 Å². The molecular weight excluding hydrogens is 442 g/mol. The zero-order valence-electron chi connectivity index (χ0n) is 20.8. The molecule has 0 radical (unpaired) electrons. The molecule has 5 rings (SSSR count). The number of methoxy groups -OCH3 is 1. The summed E-state index contributed by atoms with van der Waals surface area (Å²) in [6.45, 7) is 6.83. The van der Waals surface area contributed by atoms with Crippen molar-refractivity contribution in [3.63, 3.8) is 0 Å². The molecule has 0 bridgehead atoms. The van der Waals surface area contributed by atoms with Gasteiger partial charge in [0.05, 0.1) is 12.8 Å². The fourth-order valence-electron chi connectivity index (χ4n) is 4.88. The Hall–Kier alpha value is -3.62. The summed E-state index contributed by atoms with van der Waals surface area (Å²) in [5.41, 5.74) is 2.27. The molecule has 3 aromatic rings. The minimum absolute atomic E-state index is 0.00155. The number of carbonyl (C=O) groups is 1. The predicted molar refractivity (Wildman–Crippen MR) is 136 cm³/mol. The third kappa shape index (κ3) is 4.94. The van der Waals surface area contributed by atoms with Crippen LogP contribution in [0.1, 0.15) is 35.6 Å². The van der Waals surface area contributed by atoms with Crippen LogP contribution in [0.15, 0.2) is 36.4 Å². The molecule has 0 spiro atoms. The van der Waals surface area contributed by atoms with Crippen molar-refractivity contribution in [2.45, 2.75) is 26.2 Å². The Bertz CT molecular complexity index is 1190. The molecule has 0 N–H and O–H groups in total. The van der Waals surface area contributed by atoms with Crippen LogP contribution in [0.3, 0.4) is 0 Å². The largest absolute Gasteiger partial charge is 0.497 e. The van der Waals surface area contributed by atoms with Crippen LogP contribution in [-0.2, 0) is 7.05 Å². The lowest BCUT2D eigenvalue weighted by molar-refractivity contribution is 0.0735. The van der Waals surface area contributed by atoms with Gasteiger partial charge >= 0.3 is 0 Å². The van der Waals surface area contributed by atoms with Crippen molar-refractivity contribution in [2.24, 2.45) is 7.05 Å². The molecule has 2 aliphatic rings. The van der Waals surface area contributed by atoms with Crippen molar-refractivity contribution >= 4 is 17.5 Å². The molecule has 0 saturated carbocycles. The molecule has 0 aliphatic carbocycles. The second kappa shape index (κ2) is 9.93. The lowest BCUT2D eigenvalue weighted by Crippen LogP contribution is -2.49. The van der Waals surface area contributed by atoms with Crippen molar-refractivity contribution in [2.75, 3.05) is 56.2 Å². The summed E-state index contributed by atoms with van der Waals surface area (Å²) in [6, 6.07) is 11.7. The first kappa shape index (κ1) is 23.1. The number of aromatic nitrogens is 4. The maximum absolute atomic E-state index is 13.3. The molecular formula is C26H33N7O2. The Morgan fingerprint density at radius 3 is 2.26 bits per heavy atom. The van der Waals surface area contributed by atoms with Gasteiger partial charge in [-0.3, -0.25) is 9.48 Å². The van der Waals surface area contributed by atoms with E-state index in [-0.39, 0.29) is 5.91 Å². The van der Waals surface area contributed by atoms with Crippen LogP contribution in [-0.4, -0.2) is 76.9 Å². The molecule has 9 heteroatoms. The Morgan fingerprint density at radius 1 is 0.886 bits per heavy atom. The predicted octanol–water partition coefficient (Wildman–Crippen LogP) is 3.15. The number of piperidine rings is 1. The van der Waals surface area contributed by atoms with Crippen LogP contribution < -0.4 is 14.5 Å². The zero-order valence-corrected chi connectivity index (χ0v) is 20.8. The second-order valence-electron chi connectivity index (χ2n) is 9.23. The first-order valence-electron chi connectivity index (χ1n) is 12.3. The van der Waals surface area contributed by atoms with Gasteiger partial charge in [0.15, 0.2) is 0 Å². The highest BCUT2D eigenvalue weighted by Gasteiger charge is 2.26. The number of rotatable bonds is 5. The van der Waals surface area contributed by atoms with Crippen molar-refractivity contribution in [3.8, 4) is 17.0 Å². The Balaban J connectivity index is 1.27. The van der Waals surface area contributed by atoms with Gasteiger partial charge in [-0.05, 0) is 44.4 Å². The van der Waals surface area contributed by atoms with Crippen LogP contribution in [0.5, 0.6) is 5.75 Å². The van der Waals surface area contributed by atoms with Crippen molar-refractivity contribution in [1.82, 2.24) is 24.6 Å². The topological polar surface area (TPSA) is 79.6 Å². The molecule has 9 nitrogen and oxygen atoms in total. The number of hydrogen-bond donors (Lipinski definition) is 0. The number of carbonyl (C=O) groups excluding carboxylic acids is 1. The Labute approximate surface area is 206 Å². The lowest BCUT2D eigenvalue weighted by Gasteiger charge is -2.36. The number of anilines is 2. The van der Waals surface area contributed by atoms with Crippen molar-refractivity contribution < 1.29 is 9.53 Å². The maximum atomic E-state index is 13.3. The van der Waals surface area contributed by atoms with E-state index >= 15 is 0 Å². The summed E-state index contributed by atoms with van der Waals surface area (Å²) >= 11 is 0. The quantitative estimate of drug-likeness (QED) is 0.561. The van der Waals surface area contributed by atoms with E-state index in [4.69, 9.17) is 9.72 Å². The van der Waals surface area contributed by atoms with E-state index in [0.29, 0.717) is 18.8 Å². The summed E-state index contributed by atoms with van der Waals surface area (Å²) < 4.78 is 6.99. The Morgan fingerprint density at radius 2 is 1.57 bits per heavy atom. The molecule has 35 heavy (non-hydrogen) atoms. The van der Waals surface area contributed by atoms with Gasteiger partial charge in [-0.25, -0.2) is 9.97 Å². The zero-order chi connectivity index (χ0) is 24.4. The van der Waals surface area contributed by atoms with Crippen molar-refractivity contribution in [1.29, 1.82) is 0 Å². The first-order chi connectivity index (χ1) is 17.0. The molecule has 0 unspecified atom stereocenters. The van der Waals surface area contributed by atoms with E-state index in [9.17, 15) is 4.79 Å². The number of amides is 1. The first-order valence-corrected chi connectivity index (χ1v) is 12.3. The molecule has 1 aromatic carbocycles. The number of aryl methyl sites for hydroxylation is 2. The highest BCUT2D eigenvalue weighted by molar-refractivity contribution is 5.94. The van der Waals surface area contributed by atoms with Crippen molar-refractivity contribution in [3.05, 3.63) is 47.9 Å². The van der Waals surface area contributed by atoms with Crippen LogP contribution in [0.4, 0.5) is 11.6 Å². The van der Waals surface area contributed by atoms with Gasteiger partial charge in [-0.1, -0.05) is 12.1 Å². The normalized spacial score (nSPS) is 16.5. The summed E-state index contributed by atoms with van der Waals surface area (Å²) in [4.78, 5) is 29.3. The third-order valence-corrected chi connectivity index (χ3v) is 6.85. The molecule has 184 valence electrons. The SMILES string of the molecule is COc1cccc(-c2cc(C(=O)N3CCN(c4cc(N5CCCCC5)nc(C)n4)CC3)n(C)n2)c1. The average Bonchev–Trinajstić information content (AvgIpc) is 3.30. The van der Waals surface area contributed by atoms with Gasteiger partial charge in [0.1, 0.15) is 28.9 Å². The minimum atomic E-state index is 0.00155. The van der Waals surface area contributed by atoms with Crippen LogP contribution in [0, 0.1) is 6.92 Å². The number of hydrogen-bond acceptors (Lipinski definition) is 7. The van der Waals surface area contributed by atoms with Gasteiger partial charge in [-0.15, -0.1) is 0 Å². The van der Waals surface area contributed by atoms with E-state index in [2.05, 4.69) is 25.9 Å². The van der Waals surface area contributed by atoms with E-state index in [1.165, 1.54) is 19.3 Å². The highest BCUT2D eigenvalue weighted by Crippen LogP contribution is 2.26. The van der Waals surface area contributed by atoms with E-state index in [1.54, 1.807) is 11.8 Å². The van der Waals surface area contributed by atoms with Gasteiger partial charge in [0.2, 0.25) is 0 Å². The van der Waals surface area contributed by atoms with Crippen LogP contribution >= 0.6 is 0 Å². The molecule has 2 fully saturated rings. The molecule has 2 saturated heterocycles. The summed E-state index contributed by atoms with van der Waals surface area (Å²) in [5.74, 6) is 3.53. The fraction of sp³-hybridized carbons (Fsp3) is 0.462. The molecule has 2 aliphatic heterocycles.